The van der Waals surface area contributed by atoms with Gasteiger partial charge < -0.3 is 9.30 Å². The van der Waals surface area contributed by atoms with E-state index in [0.29, 0.717) is 12.6 Å². The Balaban J connectivity index is 1.47. The molecule has 0 bridgehead atoms. The Morgan fingerprint density at radius 3 is 2.87 bits per heavy atom. The number of hydrogen-bond donors (Lipinski definition) is 0. The van der Waals surface area contributed by atoms with Crippen molar-refractivity contribution in [2.75, 3.05) is 19.7 Å². The highest BCUT2D eigenvalue weighted by atomic mass is 16.5. The highest BCUT2D eigenvalue weighted by molar-refractivity contribution is 5.74. The fourth-order valence-corrected chi connectivity index (χ4v) is 4.51. The van der Waals surface area contributed by atoms with Crippen LogP contribution in [0.25, 0.3) is 0 Å². The molecular weight excluding hydrogens is 290 g/mol. The molecule has 2 saturated heterocycles. The number of ether oxygens (including phenoxy) is 1. The van der Waals surface area contributed by atoms with Gasteiger partial charge in [-0.3, -0.25) is 9.69 Å². The van der Waals surface area contributed by atoms with Crippen LogP contribution >= 0.6 is 0 Å². The summed E-state index contributed by atoms with van der Waals surface area (Å²) in [6.07, 6.45) is 9.15. The minimum atomic E-state index is 0.00760. The number of aromatic nitrogens is 2. The topological polar surface area (TPSA) is 47.4 Å². The summed E-state index contributed by atoms with van der Waals surface area (Å²) in [5, 5.41) is 0. The summed E-state index contributed by atoms with van der Waals surface area (Å²) < 4.78 is 7.45. The molecule has 5 nitrogen and oxygen atoms in total. The van der Waals surface area contributed by atoms with Crippen molar-refractivity contribution in [1.82, 2.24) is 14.5 Å². The minimum Gasteiger partial charge on any atom is -0.465 e. The first-order valence-corrected chi connectivity index (χ1v) is 9.19. The van der Waals surface area contributed by atoms with E-state index in [-0.39, 0.29) is 11.9 Å². The number of likely N-dealkylation sites (tertiary alicyclic amines) is 1. The molecule has 1 aromatic rings. The molecule has 3 aliphatic rings. The number of hydrogen-bond acceptors (Lipinski definition) is 4. The second-order valence-corrected chi connectivity index (χ2v) is 7.27. The molecule has 4 rings (SSSR count). The Bertz CT molecular complexity index is 595. The van der Waals surface area contributed by atoms with Gasteiger partial charge in [-0.05, 0) is 64.5 Å². The average molecular weight is 317 g/mol. The Kier molecular flexibility index (Phi) is 4.14. The standard InChI is InChI=1S/C18H27N3O2/c1-20-15-6-3-2-5-14(15)19-17(20)16-7-4-10-21(16)11-8-13-9-12-23-18(13)22/h13,16H,2-12H2,1H3/t13-,16-/m0/s1. The zero-order valence-corrected chi connectivity index (χ0v) is 14.1. The van der Waals surface area contributed by atoms with Crippen LogP contribution in [-0.2, 0) is 29.4 Å². The molecule has 3 heterocycles. The molecular formula is C18H27N3O2. The van der Waals surface area contributed by atoms with Crippen molar-refractivity contribution in [3.05, 3.63) is 17.2 Å². The zero-order chi connectivity index (χ0) is 15.8. The number of imidazole rings is 1. The van der Waals surface area contributed by atoms with Crippen molar-refractivity contribution < 1.29 is 9.53 Å². The smallest absolute Gasteiger partial charge is 0.309 e. The third-order valence-corrected chi connectivity index (χ3v) is 5.88. The monoisotopic (exact) mass is 317 g/mol. The number of fused-ring (bicyclic) bond motifs is 1. The molecule has 23 heavy (non-hydrogen) atoms. The minimum absolute atomic E-state index is 0.00760. The Labute approximate surface area is 138 Å². The summed E-state index contributed by atoms with van der Waals surface area (Å²) in [6, 6.07) is 0.433. The van der Waals surface area contributed by atoms with Gasteiger partial charge in [-0.15, -0.1) is 0 Å². The molecule has 0 unspecified atom stereocenters. The third kappa shape index (κ3) is 2.80. The molecule has 0 aromatic carbocycles. The summed E-state index contributed by atoms with van der Waals surface area (Å²) in [7, 11) is 2.19. The molecule has 0 saturated carbocycles. The van der Waals surface area contributed by atoms with Crippen molar-refractivity contribution in [3.8, 4) is 0 Å². The number of aryl methyl sites for hydroxylation is 1. The van der Waals surface area contributed by atoms with E-state index in [4.69, 9.17) is 9.72 Å². The predicted molar refractivity (Wildman–Crippen MR) is 87.1 cm³/mol. The summed E-state index contributed by atoms with van der Waals surface area (Å²) in [4.78, 5) is 19.2. The molecule has 5 heteroatoms. The van der Waals surface area contributed by atoms with Crippen molar-refractivity contribution in [2.45, 2.75) is 57.4 Å². The highest BCUT2D eigenvalue weighted by Gasteiger charge is 2.33. The Morgan fingerprint density at radius 2 is 2.09 bits per heavy atom. The van der Waals surface area contributed by atoms with Crippen LogP contribution in [0.15, 0.2) is 0 Å². The molecule has 0 amide bonds. The van der Waals surface area contributed by atoms with Gasteiger partial charge >= 0.3 is 5.97 Å². The second-order valence-electron chi connectivity index (χ2n) is 7.27. The number of cyclic esters (lactones) is 1. The van der Waals surface area contributed by atoms with Crippen LogP contribution < -0.4 is 0 Å². The molecule has 1 aromatic heterocycles. The van der Waals surface area contributed by atoms with E-state index in [2.05, 4.69) is 16.5 Å². The lowest BCUT2D eigenvalue weighted by molar-refractivity contribution is -0.141. The van der Waals surface area contributed by atoms with E-state index in [9.17, 15) is 4.79 Å². The van der Waals surface area contributed by atoms with Gasteiger partial charge in [0.2, 0.25) is 0 Å². The summed E-state index contributed by atoms with van der Waals surface area (Å²) in [5.41, 5.74) is 2.79. The van der Waals surface area contributed by atoms with Crippen LogP contribution in [0.4, 0.5) is 0 Å². The third-order valence-electron chi connectivity index (χ3n) is 5.88. The molecule has 1 aliphatic carbocycles. The molecule has 0 radical (unpaired) electrons. The molecule has 0 spiro atoms. The van der Waals surface area contributed by atoms with Gasteiger partial charge in [0.15, 0.2) is 0 Å². The van der Waals surface area contributed by atoms with Crippen molar-refractivity contribution in [2.24, 2.45) is 13.0 Å². The van der Waals surface area contributed by atoms with Crippen LogP contribution in [0, 0.1) is 5.92 Å². The number of carbonyl (C=O) groups excluding carboxylic acids is 1. The van der Waals surface area contributed by atoms with Crippen molar-refractivity contribution in [1.29, 1.82) is 0 Å². The number of rotatable bonds is 4. The van der Waals surface area contributed by atoms with Crippen LogP contribution in [0.5, 0.6) is 0 Å². The van der Waals surface area contributed by atoms with Crippen LogP contribution in [0.2, 0.25) is 0 Å². The van der Waals surface area contributed by atoms with Crippen molar-refractivity contribution >= 4 is 5.97 Å². The maximum atomic E-state index is 11.7. The quantitative estimate of drug-likeness (QED) is 0.800. The van der Waals surface area contributed by atoms with E-state index < -0.39 is 0 Å². The van der Waals surface area contributed by atoms with E-state index >= 15 is 0 Å². The fraction of sp³-hybridized carbons (Fsp3) is 0.778. The van der Waals surface area contributed by atoms with Gasteiger partial charge in [-0.2, -0.15) is 0 Å². The first-order chi connectivity index (χ1) is 11.2. The van der Waals surface area contributed by atoms with Crippen LogP contribution in [0.1, 0.15) is 61.8 Å². The molecule has 0 N–H and O–H groups in total. The average Bonchev–Trinajstić information content (AvgIpc) is 3.25. The van der Waals surface area contributed by atoms with E-state index in [1.165, 1.54) is 49.3 Å². The van der Waals surface area contributed by atoms with E-state index in [1.807, 2.05) is 0 Å². The van der Waals surface area contributed by atoms with Gasteiger partial charge in [-0.1, -0.05) is 0 Å². The second kappa shape index (κ2) is 6.27. The first-order valence-electron chi connectivity index (χ1n) is 9.19. The maximum absolute atomic E-state index is 11.7. The number of carbonyl (C=O) groups is 1. The molecule has 2 atom stereocenters. The number of nitrogens with zero attached hydrogens (tertiary/aromatic N) is 3. The Morgan fingerprint density at radius 1 is 1.22 bits per heavy atom. The molecule has 126 valence electrons. The van der Waals surface area contributed by atoms with E-state index in [0.717, 1.165) is 32.4 Å². The van der Waals surface area contributed by atoms with Gasteiger partial charge in [0.25, 0.3) is 0 Å². The maximum Gasteiger partial charge on any atom is 0.309 e. The lowest BCUT2D eigenvalue weighted by atomic mass is 10.0. The molecule has 2 aliphatic heterocycles. The first kappa shape index (κ1) is 15.2. The van der Waals surface area contributed by atoms with E-state index in [1.54, 1.807) is 0 Å². The van der Waals surface area contributed by atoms with Crippen LogP contribution in [-0.4, -0.2) is 40.1 Å². The predicted octanol–water partition coefficient (Wildman–Crippen LogP) is 2.39. The number of esters is 1. The lowest BCUT2D eigenvalue weighted by Crippen LogP contribution is -2.28. The zero-order valence-electron chi connectivity index (χ0n) is 14.1. The lowest BCUT2D eigenvalue weighted by Gasteiger charge is -2.25. The summed E-state index contributed by atoms with van der Waals surface area (Å²) >= 11 is 0. The summed E-state index contributed by atoms with van der Waals surface area (Å²) in [6.45, 7) is 2.73. The van der Waals surface area contributed by atoms with Gasteiger partial charge in [0.05, 0.1) is 24.3 Å². The fourth-order valence-electron chi connectivity index (χ4n) is 4.51. The van der Waals surface area contributed by atoms with Gasteiger partial charge in [0.1, 0.15) is 5.82 Å². The Hall–Kier alpha value is -1.36. The molecule has 2 fully saturated rings. The van der Waals surface area contributed by atoms with Crippen LogP contribution in [0.3, 0.4) is 0 Å². The van der Waals surface area contributed by atoms with Gasteiger partial charge in [-0.25, -0.2) is 4.98 Å². The largest absolute Gasteiger partial charge is 0.465 e. The summed E-state index contributed by atoms with van der Waals surface area (Å²) in [5.74, 6) is 1.38. The van der Waals surface area contributed by atoms with Crippen molar-refractivity contribution in [3.63, 3.8) is 0 Å². The highest BCUT2D eigenvalue weighted by Crippen LogP contribution is 2.34. The normalized spacial score (nSPS) is 28.1. The SMILES string of the molecule is Cn1c([C@@H]2CCCN2CC[C@H]2CCOC2=O)nc2c1CCCC2. The van der Waals surface area contributed by atoms with Gasteiger partial charge in [0, 0.05) is 12.7 Å².